The SMILES string of the molecule is C=CCOc1ccc(C(=O)NN=Cc2ccc(OC(=O)c3cccc(Br)c3)c(OC)c2)cc1. The van der Waals surface area contributed by atoms with Crippen LogP contribution in [-0.2, 0) is 0 Å². The number of nitrogens with one attached hydrogen (secondary N) is 1. The molecule has 0 fully saturated rings. The molecule has 0 aliphatic rings. The zero-order chi connectivity index (χ0) is 23.6. The zero-order valence-corrected chi connectivity index (χ0v) is 19.4. The number of hydrazone groups is 1. The van der Waals surface area contributed by atoms with E-state index >= 15 is 0 Å². The number of carbonyl (C=O) groups excluding carboxylic acids is 2. The number of amides is 1. The largest absolute Gasteiger partial charge is 0.493 e. The standard InChI is InChI=1S/C25H21BrN2O5/c1-3-13-32-21-10-8-18(9-11-21)24(29)28-27-16-17-7-12-22(23(14-17)31-2)33-25(30)19-5-4-6-20(26)15-19/h3-12,14-16H,1,13H2,2H3,(H,28,29). The molecule has 0 aliphatic heterocycles. The minimum atomic E-state index is -0.510. The van der Waals surface area contributed by atoms with E-state index in [0.717, 1.165) is 4.47 Å². The van der Waals surface area contributed by atoms with Crippen molar-refractivity contribution < 1.29 is 23.8 Å². The summed E-state index contributed by atoms with van der Waals surface area (Å²) >= 11 is 3.33. The first-order chi connectivity index (χ1) is 16.0. The van der Waals surface area contributed by atoms with Gasteiger partial charge < -0.3 is 14.2 Å². The summed E-state index contributed by atoms with van der Waals surface area (Å²) in [6.07, 6.45) is 3.10. The number of rotatable bonds is 9. The molecule has 3 rings (SSSR count). The summed E-state index contributed by atoms with van der Waals surface area (Å²) in [5.74, 6) is 0.381. The summed E-state index contributed by atoms with van der Waals surface area (Å²) in [7, 11) is 1.47. The van der Waals surface area contributed by atoms with Crippen LogP contribution in [0.25, 0.3) is 0 Å². The maximum atomic E-state index is 12.4. The molecule has 0 aliphatic carbocycles. The van der Waals surface area contributed by atoms with Gasteiger partial charge in [0.05, 0.1) is 18.9 Å². The van der Waals surface area contributed by atoms with Gasteiger partial charge in [-0.25, -0.2) is 10.2 Å². The zero-order valence-electron chi connectivity index (χ0n) is 17.8. The Hall–Kier alpha value is -3.91. The van der Waals surface area contributed by atoms with Crippen LogP contribution in [0.4, 0.5) is 0 Å². The van der Waals surface area contributed by atoms with Gasteiger partial charge in [0.1, 0.15) is 12.4 Å². The molecule has 0 spiro atoms. The molecule has 3 aromatic carbocycles. The number of esters is 1. The van der Waals surface area contributed by atoms with Crippen LogP contribution in [-0.4, -0.2) is 31.8 Å². The Morgan fingerprint density at radius 1 is 1.03 bits per heavy atom. The predicted molar refractivity (Wildman–Crippen MR) is 129 cm³/mol. The van der Waals surface area contributed by atoms with Crippen molar-refractivity contribution in [2.45, 2.75) is 0 Å². The Labute approximate surface area is 199 Å². The van der Waals surface area contributed by atoms with Crippen molar-refractivity contribution in [1.29, 1.82) is 0 Å². The topological polar surface area (TPSA) is 86.2 Å². The van der Waals surface area contributed by atoms with Gasteiger partial charge in [0.2, 0.25) is 0 Å². The summed E-state index contributed by atoms with van der Waals surface area (Å²) < 4.78 is 16.9. The van der Waals surface area contributed by atoms with Crippen molar-refractivity contribution in [2.24, 2.45) is 5.10 Å². The third-order valence-corrected chi connectivity index (χ3v) is 4.81. The highest BCUT2D eigenvalue weighted by Gasteiger charge is 2.13. The molecule has 33 heavy (non-hydrogen) atoms. The molecular weight excluding hydrogens is 488 g/mol. The molecule has 8 heteroatoms. The fourth-order valence-corrected chi connectivity index (χ4v) is 3.11. The molecule has 168 valence electrons. The number of benzene rings is 3. The fraction of sp³-hybridized carbons (Fsp3) is 0.0800. The van der Waals surface area contributed by atoms with Crippen LogP contribution in [0.5, 0.6) is 17.2 Å². The van der Waals surface area contributed by atoms with E-state index < -0.39 is 5.97 Å². The molecule has 1 amide bonds. The lowest BCUT2D eigenvalue weighted by atomic mass is 10.2. The quantitative estimate of drug-likeness (QED) is 0.144. The van der Waals surface area contributed by atoms with E-state index in [1.54, 1.807) is 66.7 Å². The van der Waals surface area contributed by atoms with Crippen molar-refractivity contribution in [3.8, 4) is 17.2 Å². The Balaban J connectivity index is 1.62. The molecule has 7 nitrogen and oxygen atoms in total. The monoisotopic (exact) mass is 508 g/mol. The van der Waals surface area contributed by atoms with E-state index in [1.807, 2.05) is 6.07 Å². The Kier molecular flexibility index (Phi) is 8.37. The van der Waals surface area contributed by atoms with E-state index in [-0.39, 0.29) is 11.7 Å². The van der Waals surface area contributed by atoms with Crippen molar-refractivity contribution in [3.63, 3.8) is 0 Å². The molecule has 0 saturated carbocycles. The van der Waals surface area contributed by atoms with Crippen LogP contribution in [0.15, 0.2) is 89.0 Å². The lowest BCUT2D eigenvalue weighted by Crippen LogP contribution is -2.17. The van der Waals surface area contributed by atoms with E-state index in [0.29, 0.717) is 34.8 Å². The van der Waals surface area contributed by atoms with Crippen LogP contribution >= 0.6 is 15.9 Å². The summed E-state index contributed by atoms with van der Waals surface area (Å²) in [5.41, 5.74) is 3.94. The Bertz CT molecular complexity index is 1180. The highest BCUT2D eigenvalue weighted by molar-refractivity contribution is 9.10. The third-order valence-electron chi connectivity index (χ3n) is 4.31. The number of hydrogen-bond donors (Lipinski definition) is 1. The highest BCUT2D eigenvalue weighted by Crippen LogP contribution is 2.28. The smallest absolute Gasteiger partial charge is 0.343 e. The number of halogens is 1. The average Bonchev–Trinajstić information content (AvgIpc) is 2.83. The summed E-state index contributed by atoms with van der Waals surface area (Å²) in [5, 5.41) is 3.98. The second-order valence-corrected chi connectivity index (χ2v) is 7.55. The second kappa shape index (κ2) is 11.6. The number of ether oxygens (including phenoxy) is 3. The molecule has 0 unspecified atom stereocenters. The number of carbonyl (C=O) groups is 2. The Morgan fingerprint density at radius 2 is 1.82 bits per heavy atom. The van der Waals surface area contributed by atoms with Crippen LogP contribution in [0, 0.1) is 0 Å². The van der Waals surface area contributed by atoms with Crippen LogP contribution < -0.4 is 19.6 Å². The number of nitrogens with zero attached hydrogens (tertiary/aromatic N) is 1. The van der Waals surface area contributed by atoms with Gasteiger partial charge in [-0.1, -0.05) is 34.7 Å². The maximum absolute atomic E-state index is 12.4. The van der Waals surface area contributed by atoms with Crippen molar-refractivity contribution in [1.82, 2.24) is 5.43 Å². The van der Waals surface area contributed by atoms with Gasteiger partial charge in [0.25, 0.3) is 5.91 Å². The average molecular weight is 509 g/mol. The predicted octanol–water partition coefficient (Wildman–Crippen LogP) is 5.01. The minimum Gasteiger partial charge on any atom is -0.493 e. The minimum absolute atomic E-state index is 0.266. The van der Waals surface area contributed by atoms with Crippen molar-refractivity contribution in [3.05, 3.63) is 101 Å². The molecule has 0 bridgehead atoms. The van der Waals surface area contributed by atoms with Crippen molar-refractivity contribution in [2.75, 3.05) is 13.7 Å². The van der Waals surface area contributed by atoms with Gasteiger partial charge in [-0.05, 0) is 66.2 Å². The molecule has 0 aromatic heterocycles. The lowest BCUT2D eigenvalue weighted by Gasteiger charge is -2.10. The number of methoxy groups -OCH3 is 1. The summed E-state index contributed by atoms with van der Waals surface area (Å²) in [6, 6.07) is 18.5. The third kappa shape index (κ3) is 6.78. The summed E-state index contributed by atoms with van der Waals surface area (Å²) in [4.78, 5) is 24.6. The fourth-order valence-electron chi connectivity index (χ4n) is 2.71. The van der Waals surface area contributed by atoms with E-state index in [4.69, 9.17) is 14.2 Å². The normalized spacial score (nSPS) is 10.5. The lowest BCUT2D eigenvalue weighted by molar-refractivity contribution is 0.0729. The number of hydrogen-bond acceptors (Lipinski definition) is 6. The summed E-state index contributed by atoms with van der Waals surface area (Å²) in [6.45, 7) is 3.98. The van der Waals surface area contributed by atoms with Gasteiger partial charge >= 0.3 is 5.97 Å². The first kappa shape index (κ1) is 23.7. The van der Waals surface area contributed by atoms with Gasteiger partial charge in [0.15, 0.2) is 11.5 Å². The van der Waals surface area contributed by atoms with Crippen LogP contribution in [0.3, 0.4) is 0 Å². The molecule has 3 aromatic rings. The second-order valence-electron chi connectivity index (χ2n) is 6.63. The highest BCUT2D eigenvalue weighted by atomic mass is 79.9. The van der Waals surface area contributed by atoms with Crippen molar-refractivity contribution >= 4 is 34.0 Å². The first-order valence-electron chi connectivity index (χ1n) is 9.83. The first-order valence-corrected chi connectivity index (χ1v) is 10.6. The molecule has 1 N–H and O–H groups in total. The molecule has 0 heterocycles. The van der Waals surface area contributed by atoms with Gasteiger partial charge in [-0.3, -0.25) is 4.79 Å². The van der Waals surface area contributed by atoms with E-state index in [1.165, 1.54) is 13.3 Å². The molecule has 0 saturated heterocycles. The van der Waals surface area contributed by atoms with Gasteiger partial charge in [0, 0.05) is 10.0 Å². The molecule has 0 radical (unpaired) electrons. The molecule has 0 atom stereocenters. The molecular formula is C25H21BrN2O5. The maximum Gasteiger partial charge on any atom is 0.343 e. The van der Waals surface area contributed by atoms with E-state index in [9.17, 15) is 9.59 Å². The van der Waals surface area contributed by atoms with Gasteiger partial charge in [-0.2, -0.15) is 5.10 Å². The Morgan fingerprint density at radius 3 is 2.52 bits per heavy atom. The van der Waals surface area contributed by atoms with Gasteiger partial charge in [-0.15, -0.1) is 0 Å². The van der Waals surface area contributed by atoms with Crippen LogP contribution in [0.1, 0.15) is 26.3 Å². The van der Waals surface area contributed by atoms with E-state index in [2.05, 4.69) is 33.0 Å². The van der Waals surface area contributed by atoms with Crippen LogP contribution in [0.2, 0.25) is 0 Å².